The Labute approximate surface area is 105 Å². The van der Waals surface area contributed by atoms with Gasteiger partial charge in [0.1, 0.15) is 5.82 Å². The van der Waals surface area contributed by atoms with E-state index in [4.69, 9.17) is 11.6 Å². The average Bonchev–Trinajstić information content (AvgIpc) is 2.76. The number of hydrogen-bond acceptors (Lipinski definition) is 2. The molecule has 1 aromatic carbocycles. The van der Waals surface area contributed by atoms with Crippen LogP contribution in [0.2, 0.25) is 5.02 Å². The molecule has 1 heterocycles. The van der Waals surface area contributed by atoms with Gasteiger partial charge in [-0.2, -0.15) is 13.2 Å². The lowest BCUT2D eigenvalue weighted by molar-refractivity contribution is -0.137. The predicted molar refractivity (Wildman–Crippen MR) is 59.4 cm³/mol. The van der Waals surface area contributed by atoms with E-state index in [1.165, 1.54) is 12.3 Å². The highest BCUT2D eigenvalue weighted by atomic mass is 35.5. The second-order valence-corrected chi connectivity index (χ2v) is 3.90. The number of alkyl halides is 3. The number of imidazole rings is 1. The molecule has 0 radical (unpaired) electrons. The minimum Gasteiger partial charge on any atom is -0.336 e. The summed E-state index contributed by atoms with van der Waals surface area (Å²) in [5.74, 6) is 0.180. The molecule has 0 fully saturated rings. The summed E-state index contributed by atoms with van der Waals surface area (Å²) in [6, 6.07) is 3.42. The van der Waals surface area contributed by atoms with Crippen molar-refractivity contribution in [1.82, 2.24) is 9.97 Å². The summed E-state index contributed by atoms with van der Waals surface area (Å²) >= 11 is 5.49. The van der Waals surface area contributed by atoms with Gasteiger partial charge in [0.05, 0.1) is 22.5 Å². The van der Waals surface area contributed by atoms with Gasteiger partial charge < -0.3 is 4.98 Å². The van der Waals surface area contributed by atoms with Crippen LogP contribution in [0, 0.1) is 0 Å². The standard InChI is InChI=1S/C11H6ClF3N2O/c12-9-2-1-6(3-8(9)11(13,14)15)10-16-4-7(5-18)17-10/h1-5H,(H,16,17). The molecule has 0 bridgehead atoms. The quantitative estimate of drug-likeness (QED) is 0.851. The number of hydrogen-bond donors (Lipinski definition) is 1. The number of benzene rings is 1. The fourth-order valence-corrected chi connectivity index (χ4v) is 1.66. The molecule has 0 spiro atoms. The van der Waals surface area contributed by atoms with E-state index in [1.54, 1.807) is 0 Å². The van der Waals surface area contributed by atoms with Crippen LogP contribution in [-0.4, -0.2) is 16.3 Å². The van der Waals surface area contributed by atoms with Crippen LogP contribution >= 0.6 is 11.6 Å². The van der Waals surface area contributed by atoms with Crippen molar-refractivity contribution in [3.8, 4) is 11.4 Å². The van der Waals surface area contributed by atoms with Gasteiger partial charge in [-0.1, -0.05) is 11.6 Å². The van der Waals surface area contributed by atoms with Crippen molar-refractivity contribution < 1.29 is 18.0 Å². The lowest BCUT2D eigenvalue weighted by atomic mass is 10.1. The number of aromatic amines is 1. The van der Waals surface area contributed by atoms with Crippen molar-refractivity contribution in [2.75, 3.05) is 0 Å². The van der Waals surface area contributed by atoms with Gasteiger partial charge in [0, 0.05) is 5.56 Å². The van der Waals surface area contributed by atoms with E-state index < -0.39 is 11.7 Å². The van der Waals surface area contributed by atoms with Gasteiger partial charge in [-0.15, -0.1) is 0 Å². The van der Waals surface area contributed by atoms with Crippen LogP contribution in [-0.2, 0) is 6.18 Å². The van der Waals surface area contributed by atoms with Gasteiger partial charge in [-0.25, -0.2) is 4.98 Å². The molecule has 0 aliphatic heterocycles. The van der Waals surface area contributed by atoms with Gasteiger partial charge in [-0.3, -0.25) is 4.79 Å². The summed E-state index contributed by atoms with van der Waals surface area (Å²) in [7, 11) is 0. The molecule has 1 N–H and O–H groups in total. The molecule has 0 amide bonds. The molecule has 0 saturated carbocycles. The Bertz CT molecular complexity index is 592. The van der Waals surface area contributed by atoms with E-state index in [1.807, 2.05) is 0 Å². The highest BCUT2D eigenvalue weighted by Gasteiger charge is 2.33. The lowest BCUT2D eigenvalue weighted by Gasteiger charge is -2.09. The second-order valence-electron chi connectivity index (χ2n) is 3.50. The first-order chi connectivity index (χ1) is 8.41. The monoisotopic (exact) mass is 274 g/mol. The lowest BCUT2D eigenvalue weighted by Crippen LogP contribution is -2.06. The molecule has 7 heteroatoms. The highest BCUT2D eigenvalue weighted by Crippen LogP contribution is 2.36. The number of carbonyl (C=O) groups excluding carboxylic acids is 1. The molecular weight excluding hydrogens is 269 g/mol. The fourth-order valence-electron chi connectivity index (χ4n) is 1.43. The van der Waals surface area contributed by atoms with Crippen LogP contribution in [0.5, 0.6) is 0 Å². The Morgan fingerprint density at radius 1 is 1.33 bits per heavy atom. The summed E-state index contributed by atoms with van der Waals surface area (Å²) in [5, 5.41) is -0.381. The van der Waals surface area contributed by atoms with Gasteiger partial charge in [0.25, 0.3) is 0 Å². The number of aldehydes is 1. The predicted octanol–water partition coefficient (Wildman–Crippen LogP) is 3.56. The van der Waals surface area contributed by atoms with Crippen LogP contribution in [0.4, 0.5) is 13.2 Å². The van der Waals surface area contributed by atoms with E-state index in [2.05, 4.69) is 9.97 Å². The summed E-state index contributed by atoms with van der Waals surface area (Å²) in [4.78, 5) is 16.9. The van der Waals surface area contributed by atoms with Crippen molar-refractivity contribution in [2.45, 2.75) is 6.18 Å². The van der Waals surface area contributed by atoms with Gasteiger partial charge in [0.15, 0.2) is 6.29 Å². The summed E-state index contributed by atoms with van der Waals surface area (Å²) in [5.41, 5.74) is -0.543. The molecule has 0 saturated heterocycles. The Hall–Kier alpha value is -1.82. The Morgan fingerprint density at radius 3 is 2.61 bits per heavy atom. The number of nitrogens with one attached hydrogen (secondary N) is 1. The zero-order chi connectivity index (χ0) is 13.3. The van der Waals surface area contributed by atoms with E-state index >= 15 is 0 Å². The van der Waals surface area contributed by atoms with Crippen LogP contribution < -0.4 is 0 Å². The van der Waals surface area contributed by atoms with Crippen molar-refractivity contribution in [1.29, 1.82) is 0 Å². The van der Waals surface area contributed by atoms with Crippen LogP contribution in [0.3, 0.4) is 0 Å². The molecule has 1 aromatic heterocycles. The SMILES string of the molecule is O=Cc1cnc(-c2ccc(Cl)c(C(F)(F)F)c2)[nH]1. The maximum atomic E-state index is 12.6. The molecule has 94 valence electrons. The van der Waals surface area contributed by atoms with Crippen molar-refractivity contribution in [2.24, 2.45) is 0 Å². The maximum absolute atomic E-state index is 12.6. The summed E-state index contributed by atoms with van der Waals surface area (Å²) < 4.78 is 37.9. The molecule has 0 aliphatic carbocycles. The molecule has 0 unspecified atom stereocenters. The van der Waals surface area contributed by atoms with Crippen LogP contribution in [0.15, 0.2) is 24.4 Å². The van der Waals surface area contributed by atoms with Gasteiger partial charge >= 0.3 is 6.18 Å². The fraction of sp³-hybridized carbons (Fsp3) is 0.0909. The number of nitrogens with zero attached hydrogens (tertiary/aromatic N) is 1. The smallest absolute Gasteiger partial charge is 0.336 e. The minimum absolute atomic E-state index is 0.180. The molecular formula is C11H6ClF3N2O. The molecule has 3 nitrogen and oxygen atoms in total. The number of carbonyl (C=O) groups is 1. The van der Waals surface area contributed by atoms with Crippen LogP contribution in [0.1, 0.15) is 16.1 Å². The third-order valence-corrected chi connectivity index (χ3v) is 2.60. The number of H-pyrrole nitrogens is 1. The zero-order valence-electron chi connectivity index (χ0n) is 8.75. The minimum atomic E-state index is -4.53. The number of rotatable bonds is 2. The molecule has 0 atom stereocenters. The Balaban J connectivity index is 2.50. The third-order valence-electron chi connectivity index (χ3n) is 2.27. The van der Waals surface area contributed by atoms with Crippen molar-refractivity contribution >= 4 is 17.9 Å². The van der Waals surface area contributed by atoms with Crippen molar-refractivity contribution in [3.05, 3.63) is 40.7 Å². The third kappa shape index (κ3) is 2.38. The van der Waals surface area contributed by atoms with Crippen LogP contribution in [0.25, 0.3) is 11.4 Å². The first-order valence-corrected chi connectivity index (χ1v) is 5.17. The zero-order valence-corrected chi connectivity index (χ0v) is 9.51. The first kappa shape index (κ1) is 12.6. The maximum Gasteiger partial charge on any atom is 0.417 e. The normalized spacial score (nSPS) is 11.6. The number of aromatic nitrogens is 2. The van der Waals surface area contributed by atoms with E-state index in [-0.39, 0.29) is 22.1 Å². The number of halogens is 4. The van der Waals surface area contributed by atoms with E-state index in [0.717, 1.165) is 12.1 Å². The second kappa shape index (κ2) is 4.45. The molecule has 0 aliphatic rings. The van der Waals surface area contributed by atoms with E-state index in [9.17, 15) is 18.0 Å². The first-order valence-electron chi connectivity index (χ1n) is 4.79. The topological polar surface area (TPSA) is 45.8 Å². The summed E-state index contributed by atoms with van der Waals surface area (Å²) in [6.07, 6.45) is -2.77. The van der Waals surface area contributed by atoms with Crippen molar-refractivity contribution in [3.63, 3.8) is 0 Å². The summed E-state index contributed by atoms with van der Waals surface area (Å²) in [6.45, 7) is 0. The average molecular weight is 275 g/mol. The largest absolute Gasteiger partial charge is 0.417 e. The Morgan fingerprint density at radius 2 is 2.06 bits per heavy atom. The molecule has 2 rings (SSSR count). The Kier molecular flexibility index (Phi) is 3.13. The van der Waals surface area contributed by atoms with Gasteiger partial charge in [0.2, 0.25) is 0 Å². The molecule has 18 heavy (non-hydrogen) atoms. The highest BCUT2D eigenvalue weighted by molar-refractivity contribution is 6.31. The van der Waals surface area contributed by atoms with Gasteiger partial charge in [-0.05, 0) is 18.2 Å². The van der Waals surface area contributed by atoms with E-state index in [0.29, 0.717) is 6.29 Å². The molecule has 2 aromatic rings.